The van der Waals surface area contributed by atoms with Crippen molar-refractivity contribution in [2.75, 3.05) is 5.32 Å². The van der Waals surface area contributed by atoms with Gasteiger partial charge in [0, 0.05) is 5.56 Å². The van der Waals surface area contributed by atoms with E-state index in [4.69, 9.17) is 0 Å². The molecule has 0 radical (unpaired) electrons. The Morgan fingerprint density at radius 3 is 2.59 bits per heavy atom. The molecule has 17 heavy (non-hydrogen) atoms. The Balaban J connectivity index is 2.96. The number of aliphatic hydroxyl groups is 1. The Kier molecular flexibility index (Phi) is 3.67. The zero-order valence-electron chi connectivity index (χ0n) is 10.4. The van der Waals surface area contributed by atoms with E-state index >= 15 is 0 Å². The van der Waals surface area contributed by atoms with E-state index in [1.165, 1.54) is 6.20 Å². The number of hydrogen-bond acceptors (Lipinski definition) is 5. The third-order valence-corrected chi connectivity index (χ3v) is 2.77. The van der Waals surface area contributed by atoms with Crippen molar-refractivity contribution in [1.82, 2.24) is 4.98 Å². The van der Waals surface area contributed by atoms with Gasteiger partial charge in [0.25, 0.3) is 5.69 Å². The normalized spacial score (nSPS) is 13.2. The molecule has 0 aliphatic carbocycles. The van der Waals surface area contributed by atoms with Gasteiger partial charge in [0.05, 0.1) is 16.6 Å². The molecule has 1 aromatic rings. The summed E-state index contributed by atoms with van der Waals surface area (Å²) in [6.07, 6.45) is 0.648. The lowest BCUT2D eigenvalue weighted by Gasteiger charge is -2.29. The van der Waals surface area contributed by atoms with Crippen molar-refractivity contribution in [3.63, 3.8) is 0 Å². The number of aliphatic hydroxyl groups excluding tert-OH is 1. The Morgan fingerprint density at radius 2 is 2.18 bits per heavy atom. The highest BCUT2D eigenvalue weighted by Gasteiger charge is 2.24. The molecule has 0 aliphatic rings. The summed E-state index contributed by atoms with van der Waals surface area (Å²) in [5, 5.41) is 23.2. The summed E-state index contributed by atoms with van der Waals surface area (Å²) in [7, 11) is 0. The van der Waals surface area contributed by atoms with E-state index < -0.39 is 16.6 Å². The summed E-state index contributed by atoms with van der Waals surface area (Å²) in [5.74, 6) is 0.513. The van der Waals surface area contributed by atoms with E-state index in [0.717, 1.165) is 0 Å². The molecular formula is C11H17N3O3. The fraction of sp³-hybridized carbons (Fsp3) is 0.545. The fourth-order valence-electron chi connectivity index (χ4n) is 1.24. The second-order valence-electron chi connectivity index (χ2n) is 4.64. The molecule has 1 unspecified atom stereocenters. The van der Waals surface area contributed by atoms with E-state index in [9.17, 15) is 15.2 Å². The summed E-state index contributed by atoms with van der Waals surface area (Å²) in [6, 6.07) is 1.60. The molecule has 0 fully saturated rings. The predicted octanol–water partition coefficient (Wildman–Crippen LogP) is 1.87. The predicted molar refractivity (Wildman–Crippen MR) is 65.0 cm³/mol. The van der Waals surface area contributed by atoms with Crippen molar-refractivity contribution in [3.05, 3.63) is 27.9 Å². The van der Waals surface area contributed by atoms with Gasteiger partial charge in [0.2, 0.25) is 0 Å². The number of hydrogen-bond donors (Lipinski definition) is 2. The highest BCUT2D eigenvalue weighted by Crippen LogP contribution is 2.22. The molecule has 1 aromatic heterocycles. The largest absolute Gasteiger partial charge is 0.391 e. The van der Waals surface area contributed by atoms with Crippen LogP contribution in [-0.2, 0) is 0 Å². The average Bonchev–Trinajstić information content (AvgIpc) is 2.15. The van der Waals surface area contributed by atoms with E-state index in [0.29, 0.717) is 11.4 Å². The Bertz CT molecular complexity index is 430. The average molecular weight is 239 g/mol. The van der Waals surface area contributed by atoms with Crippen LogP contribution in [0.2, 0.25) is 0 Å². The number of aromatic nitrogens is 1. The first-order valence-corrected chi connectivity index (χ1v) is 5.31. The topological polar surface area (TPSA) is 88.3 Å². The van der Waals surface area contributed by atoms with Gasteiger partial charge in [0.15, 0.2) is 0 Å². The summed E-state index contributed by atoms with van der Waals surface area (Å²) in [5.41, 5.74) is -0.0189. The smallest absolute Gasteiger partial charge is 0.290 e. The second kappa shape index (κ2) is 4.67. The van der Waals surface area contributed by atoms with Gasteiger partial charge in [-0.2, -0.15) is 0 Å². The van der Waals surface area contributed by atoms with Crippen molar-refractivity contribution < 1.29 is 10.0 Å². The van der Waals surface area contributed by atoms with Crippen LogP contribution in [0, 0.1) is 17.0 Å². The van der Waals surface area contributed by atoms with Gasteiger partial charge < -0.3 is 10.4 Å². The SMILES string of the molecule is Cc1cc(NC(C)(C)C(C)O)ncc1[N+](=O)[O-]. The first-order chi connectivity index (χ1) is 7.74. The highest BCUT2D eigenvalue weighted by atomic mass is 16.6. The second-order valence-corrected chi connectivity index (χ2v) is 4.64. The molecule has 0 amide bonds. The van der Waals surface area contributed by atoms with Gasteiger partial charge in [-0.1, -0.05) is 0 Å². The van der Waals surface area contributed by atoms with Crippen LogP contribution in [0.1, 0.15) is 26.3 Å². The molecule has 0 aliphatic heterocycles. The molecule has 2 N–H and O–H groups in total. The first-order valence-electron chi connectivity index (χ1n) is 5.31. The summed E-state index contributed by atoms with van der Waals surface area (Å²) < 4.78 is 0. The minimum absolute atomic E-state index is 0.00889. The molecular weight excluding hydrogens is 222 g/mol. The summed E-state index contributed by atoms with van der Waals surface area (Å²) >= 11 is 0. The van der Waals surface area contributed by atoms with Crippen molar-refractivity contribution in [2.45, 2.75) is 39.3 Å². The standard InChI is InChI=1S/C11H17N3O3/c1-7-5-10(12-6-9(7)14(16)17)13-11(3,4)8(2)15/h5-6,8,15H,1-4H3,(H,12,13). The lowest BCUT2D eigenvalue weighted by molar-refractivity contribution is -0.385. The van der Waals surface area contributed by atoms with Crippen LogP contribution in [0.5, 0.6) is 0 Å². The van der Waals surface area contributed by atoms with Crippen LogP contribution in [-0.4, -0.2) is 26.7 Å². The molecule has 1 heterocycles. The molecule has 1 rings (SSSR count). The third kappa shape index (κ3) is 3.13. The zero-order chi connectivity index (χ0) is 13.2. The molecule has 6 heteroatoms. The summed E-state index contributed by atoms with van der Waals surface area (Å²) in [6.45, 7) is 6.98. The lowest BCUT2D eigenvalue weighted by atomic mass is 9.99. The van der Waals surface area contributed by atoms with Crippen molar-refractivity contribution >= 4 is 11.5 Å². The van der Waals surface area contributed by atoms with E-state index in [2.05, 4.69) is 10.3 Å². The number of nitrogens with one attached hydrogen (secondary N) is 1. The Labute approximate surface area is 99.8 Å². The number of anilines is 1. The molecule has 94 valence electrons. The molecule has 0 aromatic carbocycles. The number of pyridine rings is 1. The van der Waals surface area contributed by atoms with Crippen LogP contribution < -0.4 is 5.32 Å². The lowest BCUT2D eigenvalue weighted by Crippen LogP contribution is -2.42. The Hall–Kier alpha value is -1.69. The quantitative estimate of drug-likeness (QED) is 0.618. The summed E-state index contributed by atoms with van der Waals surface area (Å²) in [4.78, 5) is 14.1. The van der Waals surface area contributed by atoms with Crippen LogP contribution in [0.25, 0.3) is 0 Å². The molecule has 0 spiro atoms. The van der Waals surface area contributed by atoms with Gasteiger partial charge >= 0.3 is 0 Å². The number of nitrogens with zero attached hydrogens (tertiary/aromatic N) is 2. The maximum absolute atomic E-state index is 10.6. The van der Waals surface area contributed by atoms with E-state index in [-0.39, 0.29) is 5.69 Å². The van der Waals surface area contributed by atoms with Gasteiger partial charge in [-0.15, -0.1) is 0 Å². The number of aryl methyl sites for hydroxylation is 1. The maximum Gasteiger partial charge on any atom is 0.290 e. The van der Waals surface area contributed by atoms with Crippen LogP contribution in [0.4, 0.5) is 11.5 Å². The maximum atomic E-state index is 10.6. The van der Waals surface area contributed by atoms with Crippen LogP contribution >= 0.6 is 0 Å². The molecule has 0 saturated heterocycles. The number of rotatable bonds is 4. The monoisotopic (exact) mass is 239 g/mol. The minimum atomic E-state index is -0.570. The number of nitro groups is 1. The molecule has 6 nitrogen and oxygen atoms in total. The van der Waals surface area contributed by atoms with E-state index in [1.807, 2.05) is 13.8 Å². The zero-order valence-corrected chi connectivity index (χ0v) is 10.4. The van der Waals surface area contributed by atoms with E-state index in [1.54, 1.807) is 19.9 Å². The van der Waals surface area contributed by atoms with Gasteiger partial charge in [-0.25, -0.2) is 4.98 Å². The van der Waals surface area contributed by atoms with Gasteiger partial charge in [-0.05, 0) is 33.8 Å². The van der Waals surface area contributed by atoms with Gasteiger partial charge in [-0.3, -0.25) is 10.1 Å². The highest BCUT2D eigenvalue weighted by molar-refractivity contribution is 5.48. The van der Waals surface area contributed by atoms with Crippen molar-refractivity contribution in [1.29, 1.82) is 0 Å². The third-order valence-electron chi connectivity index (χ3n) is 2.77. The minimum Gasteiger partial charge on any atom is -0.391 e. The van der Waals surface area contributed by atoms with Crippen LogP contribution in [0.3, 0.4) is 0 Å². The molecule has 1 atom stereocenters. The van der Waals surface area contributed by atoms with Crippen molar-refractivity contribution in [3.8, 4) is 0 Å². The Morgan fingerprint density at radius 1 is 1.59 bits per heavy atom. The molecule has 0 bridgehead atoms. The van der Waals surface area contributed by atoms with Crippen LogP contribution in [0.15, 0.2) is 12.3 Å². The molecule has 0 saturated carbocycles. The fourth-order valence-corrected chi connectivity index (χ4v) is 1.24. The van der Waals surface area contributed by atoms with Crippen molar-refractivity contribution in [2.24, 2.45) is 0 Å². The van der Waals surface area contributed by atoms with Gasteiger partial charge in [0.1, 0.15) is 12.0 Å². The first kappa shape index (κ1) is 13.4.